The summed E-state index contributed by atoms with van der Waals surface area (Å²) in [6.45, 7) is 3.28. The van der Waals surface area contributed by atoms with Gasteiger partial charge < -0.3 is 5.32 Å². The van der Waals surface area contributed by atoms with Crippen LogP contribution in [-0.4, -0.2) is 16.8 Å². The molecule has 0 spiro atoms. The maximum atomic E-state index is 12.3. The SMILES string of the molecule is CCCCn1nc(-c2ccc(Cl)cc2)cc(CNC)c1=O. The molecule has 0 aliphatic rings. The molecule has 1 heterocycles. The van der Waals surface area contributed by atoms with E-state index in [4.69, 9.17) is 11.6 Å². The maximum absolute atomic E-state index is 12.3. The van der Waals surface area contributed by atoms with Crippen molar-refractivity contribution in [2.24, 2.45) is 0 Å². The minimum absolute atomic E-state index is 0.0180. The minimum atomic E-state index is -0.0180. The highest BCUT2D eigenvalue weighted by atomic mass is 35.5. The van der Waals surface area contributed by atoms with E-state index in [1.165, 1.54) is 0 Å². The van der Waals surface area contributed by atoms with E-state index in [-0.39, 0.29) is 5.56 Å². The fourth-order valence-electron chi connectivity index (χ4n) is 2.14. The third kappa shape index (κ3) is 3.93. The Morgan fingerprint density at radius 3 is 2.62 bits per heavy atom. The number of benzene rings is 1. The minimum Gasteiger partial charge on any atom is -0.315 e. The Morgan fingerprint density at radius 1 is 1.29 bits per heavy atom. The average molecular weight is 306 g/mol. The van der Waals surface area contributed by atoms with Gasteiger partial charge in [-0.2, -0.15) is 5.10 Å². The molecule has 0 atom stereocenters. The molecule has 0 radical (unpaired) electrons. The molecular weight excluding hydrogens is 286 g/mol. The van der Waals surface area contributed by atoms with Gasteiger partial charge in [-0.25, -0.2) is 4.68 Å². The first-order valence-electron chi connectivity index (χ1n) is 7.17. The van der Waals surface area contributed by atoms with Crippen molar-refractivity contribution in [2.75, 3.05) is 7.05 Å². The number of unbranched alkanes of at least 4 members (excludes halogenated alkanes) is 1. The van der Waals surface area contributed by atoms with E-state index < -0.39 is 0 Å². The Bertz CT molecular complexity index is 650. The first kappa shape index (κ1) is 15.7. The number of aryl methyl sites for hydroxylation is 1. The number of rotatable bonds is 6. The van der Waals surface area contributed by atoms with Crippen molar-refractivity contribution >= 4 is 11.6 Å². The number of nitrogens with one attached hydrogen (secondary N) is 1. The lowest BCUT2D eigenvalue weighted by Gasteiger charge is -2.10. The second-order valence-electron chi connectivity index (χ2n) is 4.97. The Labute approximate surface area is 129 Å². The van der Waals surface area contributed by atoms with E-state index in [0.717, 1.165) is 29.7 Å². The zero-order valence-electron chi connectivity index (χ0n) is 12.4. The predicted molar refractivity (Wildman–Crippen MR) is 86.6 cm³/mol. The predicted octanol–water partition coefficient (Wildman–Crippen LogP) is 3.08. The highest BCUT2D eigenvalue weighted by Gasteiger charge is 2.09. The fourth-order valence-corrected chi connectivity index (χ4v) is 2.26. The van der Waals surface area contributed by atoms with Crippen LogP contribution in [0.4, 0.5) is 0 Å². The van der Waals surface area contributed by atoms with Crippen LogP contribution in [0.15, 0.2) is 35.1 Å². The van der Waals surface area contributed by atoms with Crippen LogP contribution < -0.4 is 10.9 Å². The largest absolute Gasteiger partial charge is 0.315 e. The molecule has 0 saturated carbocycles. The Kier molecular flexibility index (Phi) is 5.53. The van der Waals surface area contributed by atoms with E-state index in [2.05, 4.69) is 17.3 Å². The molecule has 0 saturated heterocycles. The van der Waals surface area contributed by atoms with Crippen molar-refractivity contribution in [3.05, 3.63) is 51.3 Å². The molecule has 0 amide bonds. The number of halogens is 1. The first-order chi connectivity index (χ1) is 10.2. The normalized spacial score (nSPS) is 10.8. The van der Waals surface area contributed by atoms with Crippen LogP contribution in [0.2, 0.25) is 5.02 Å². The number of aromatic nitrogens is 2. The Balaban J connectivity index is 2.47. The van der Waals surface area contributed by atoms with Gasteiger partial charge in [0.15, 0.2) is 0 Å². The first-order valence-corrected chi connectivity index (χ1v) is 7.55. The topological polar surface area (TPSA) is 46.9 Å². The molecule has 2 aromatic rings. The molecule has 0 unspecified atom stereocenters. The van der Waals surface area contributed by atoms with Gasteiger partial charge in [-0.3, -0.25) is 4.79 Å². The maximum Gasteiger partial charge on any atom is 0.271 e. The van der Waals surface area contributed by atoms with Crippen LogP contribution in [0, 0.1) is 0 Å². The van der Waals surface area contributed by atoms with Crippen molar-refractivity contribution in [2.45, 2.75) is 32.9 Å². The smallest absolute Gasteiger partial charge is 0.271 e. The summed E-state index contributed by atoms with van der Waals surface area (Å²) in [6, 6.07) is 9.35. The second kappa shape index (κ2) is 7.38. The van der Waals surface area contributed by atoms with Crippen molar-refractivity contribution in [3.8, 4) is 11.3 Å². The third-order valence-electron chi connectivity index (χ3n) is 3.28. The summed E-state index contributed by atoms with van der Waals surface area (Å²) >= 11 is 5.92. The molecule has 0 fully saturated rings. The summed E-state index contributed by atoms with van der Waals surface area (Å²) in [5.74, 6) is 0. The molecule has 0 bridgehead atoms. The van der Waals surface area contributed by atoms with E-state index >= 15 is 0 Å². The second-order valence-corrected chi connectivity index (χ2v) is 5.41. The number of hydrogen-bond donors (Lipinski definition) is 1. The zero-order chi connectivity index (χ0) is 15.2. The van der Waals surface area contributed by atoms with E-state index in [0.29, 0.717) is 18.1 Å². The molecule has 1 N–H and O–H groups in total. The molecule has 1 aromatic carbocycles. The van der Waals surface area contributed by atoms with Gasteiger partial charge in [-0.05, 0) is 31.7 Å². The van der Waals surface area contributed by atoms with Crippen molar-refractivity contribution in [3.63, 3.8) is 0 Å². The van der Waals surface area contributed by atoms with Gasteiger partial charge in [0.05, 0.1) is 5.69 Å². The van der Waals surface area contributed by atoms with Gasteiger partial charge in [0.25, 0.3) is 5.56 Å². The van der Waals surface area contributed by atoms with Crippen molar-refractivity contribution in [1.29, 1.82) is 0 Å². The summed E-state index contributed by atoms with van der Waals surface area (Å²) in [5, 5.41) is 8.21. The van der Waals surface area contributed by atoms with Crippen LogP contribution in [0.3, 0.4) is 0 Å². The highest BCUT2D eigenvalue weighted by molar-refractivity contribution is 6.30. The molecule has 0 aliphatic heterocycles. The molecule has 0 aliphatic carbocycles. The lowest BCUT2D eigenvalue weighted by atomic mass is 10.1. The number of hydrogen-bond acceptors (Lipinski definition) is 3. The highest BCUT2D eigenvalue weighted by Crippen LogP contribution is 2.19. The van der Waals surface area contributed by atoms with Gasteiger partial charge in [0.1, 0.15) is 0 Å². The molecule has 2 rings (SSSR count). The van der Waals surface area contributed by atoms with Crippen LogP contribution >= 0.6 is 11.6 Å². The lowest BCUT2D eigenvalue weighted by Crippen LogP contribution is -2.28. The summed E-state index contributed by atoms with van der Waals surface area (Å²) in [4.78, 5) is 12.3. The summed E-state index contributed by atoms with van der Waals surface area (Å²) in [7, 11) is 1.83. The fraction of sp³-hybridized carbons (Fsp3) is 0.375. The third-order valence-corrected chi connectivity index (χ3v) is 3.53. The van der Waals surface area contributed by atoms with E-state index in [1.807, 2.05) is 37.4 Å². The molecule has 112 valence electrons. The van der Waals surface area contributed by atoms with Crippen molar-refractivity contribution < 1.29 is 0 Å². The average Bonchev–Trinajstić information content (AvgIpc) is 2.49. The van der Waals surface area contributed by atoms with Crippen LogP contribution in [-0.2, 0) is 13.1 Å². The monoisotopic (exact) mass is 305 g/mol. The van der Waals surface area contributed by atoms with Crippen LogP contribution in [0.5, 0.6) is 0 Å². The lowest BCUT2D eigenvalue weighted by molar-refractivity contribution is 0.538. The van der Waals surface area contributed by atoms with Crippen LogP contribution in [0.25, 0.3) is 11.3 Å². The molecule has 4 nitrogen and oxygen atoms in total. The Hall–Kier alpha value is -1.65. The quantitative estimate of drug-likeness (QED) is 0.892. The van der Waals surface area contributed by atoms with E-state index in [9.17, 15) is 4.79 Å². The van der Waals surface area contributed by atoms with Crippen molar-refractivity contribution in [1.82, 2.24) is 15.1 Å². The van der Waals surface area contributed by atoms with Gasteiger partial charge in [-0.1, -0.05) is 37.1 Å². The summed E-state index contributed by atoms with van der Waals surface area (Å²) in [5.41, 5.74) is 2.47. The Morgan fingerprint density at radius 2 is 2.00 bits per heavy atom. The number of nitrogens with zero attached hydrogens (tertiary/aromatic N) is 2. The van der Waals surface area contributed by atoms with Crippen LogP contribution in [0.1, 0.15) is 25.3 Å². The molecule has 1 aromatic heterocycles. The zero-order valence-corrected chi connectivity index (χ0v) is 13.2. The molecular formula is C16H20ClN3O. The summed E-state index contributed by atoms with van der Waals surface area (Å²) < 4.78 is 1.57. The van der Waals surface area contributed by atoms with Gasteiger partial charge in [0.2, 0.25) is 0 Å². The standard InChI is InChI=1S/C16H20ClN3O/c1-3-4-9-20-16(21)13(11-18-2)10-15(19-20)12-5-7-14(17)8-6-12/h5-8,10,18H,3-4,9,11H2,1-2H3. The van der Waals surface area contributed by atoms with Gasteiger partial charge in [-0.15, -0.1) is 0 Å². The summed E-state index contributed by atoms with van der Waals surface area (Å²) in [6.07, 6.45) is 1.97. The van der Waals surface area contributed by atoms with E-state index in [1.54, 1.807) is 4.68 Å². The molecule has 5 heteroatoms. The van der Waals surface area contributed by atoms with Gasteiger partial charge >= 0.3 is 0 Å². The molecule has 21 heavy (non-hydrogen) atoms. The van der Waals surface area contributed by atoms with Gasteiger partial charge in [0, 0.05) is 29.2 Å².